The molecule has 0 bridgehead atoms. The molecule has 3 rings (SSSR count). The maximum absolute atomic E-state index is 14.6. The van der Waals surface area contributed by atoms with E-state index in [2.05, 4.69) is 23.2 Å². The molecule has 0 saturated heterocycles. The molecule has 27 heavy (non-hydrogen) atoms. The molecule has 2 aromatic rings. The quantitative estimate of drug-likeness (QED) is 0.349. The molecular formula is C22H20F4O. The second kappa shape index (κ2) is 8.04. The third-order valence-corrected chi connectivity index (χ3v) is 4.87. The summed E-state index contributed by atoms with van der Waals surface area (Å²) in [5.74, 6) is 6.05. The van der Waals surface area contributed by atoms with Gasteiger partial charge in [-0.1, -0.05) is 30.0 Å². The summed E-state index contributed by atoms with van der Waals surface area (Å²) in [7, 11) is 0. The van der Waals surface area contributed by atoms with Crippen LogP contribution in [0.5, 0.6) is 5.75 Å². The molecule has 1 saturated carbocycles. The molecular weight excluding hydrogens is 356 g/mol. The molecule has 0 radical (unpaired) electrons. The lowest BCUT2D eigenvalue weighted by Crippen LogP contribution is -2.19. The van der Waals surface area contributed by atoms with E-state index in [0.29, 0.717) is 22.8 Å². The molecule has 1 fully saturated rings. The largest absolute Gasteiger partial charge is 0.481 e. The predicted molar refractivity (Wildman–Crippen MR) is 98.0 cm³/mol. The van der Waals surface area contributed by atoms with Crippen LogP contribution in [0.4, 0.5) is 17.6 Å². The zero-order valence-corrected chi connectivity index (χ0v) is 14.8. The van der Waals surface area contributed by atoms with Crippen LogP contribution >= 0.6 is 0 Å². The summed E-state index contributed by atoms with van der Waals surface area (Å²) in [4.78, 5) is 0. The van der Waals surface area contributed by atoms with E-state index in [9.17, 15) is 17.6 Å². The van der Waals surface area contributed by atoms with Crippen LogP contribution in [0.1, 0.15) is 31.2 Å². The van der Waals surface area contributed by atoms with Gasteiger partial charge >= 0.3 is 6.18 Å². The van der Waals surface area contributed by atoms with Crippen molar-refractivity contribution in [1.82, 2.24) is 0 Å². The second-order valence-electron chi connectivity index (χ2n) is 6.80. The van der Waals surface area contributed by atoms with E-state index in [-0.39, 0.29) is 5.39 Å². The van der Waals surface area contributed by atoms with Gasteiger partial charge in [0, 0.05) is 22.3 Å². The number of fused-ring (bicyclic) bond motifs is 1. The molecule has 0 heterocycles. The molecule has 1 nitrogen and oxygen atoms in total. The minimum absolute atomic E-state index is 0.205. The summed E-state index contributed by atoms with van der Waals surface area (Å²) >= 11 is 0. The van der Waals surface area contributed by atoms with E-state index in [1.165, 1.54) is 12.1 Å². The van der Waals surface area contributed by atoms with Crippen molar-refractivity contribution in [2.45, 2.75) is 31.9 Å². The molecule has 0 unspecified atom stereocenters. The minimum Gasteiger partial charge on any atom is -0.481 e. The summed E-state index contributed by atoms with van der Waals surface area (Å²) in [6.07, 6.45) is 1.66. The molecule has 0 N–H and O–H groups in total. The van der Waals surface area contributed by atoms with Crippen molar-refractivity contribution in [1.29, 1.82) is 0 Å². The third-order valence-electron chi connectivity index (χ3n) is 4.87. The predicted octanol–water partition coefficient (Wildman–Crippen LogP) is 6.26. The maximum atomic E-state index is 14.6. The van der Waals surface area contributed by atoms with Gasteiger partial charge in [-0.15, -0.1) is 6.58 Å². The van der Waals surface area contributed by atoms with Gasteiger partial charge in [0.2, 0.25) is 0 Å². The first kappa shape index (κ1) is 19.3. The lowest BCUT2D eigenvalue weighted by molar-refractivity contribution is -0.153. The fourth-order valence-electron chi connectivity index (χ4n) is 3.36. The Hall–Kier alpha value is -2.48. The van der Waals surface area contributed by atoms with E-state index in [0.717, 1.165) is 25.7 Å². The lowest BCUT2D eigenvalue weighted by atomic mass is 9.82. The fraction of sp³-hybridized carbons (Fsp3) is 0.364. The normalized spacial score (nSPS) is 20.0. The Balaban J connectivity index is 1.83. The number of rotatable bonds is 3. The van der Waals surface area contributed by atoms with Crippen LogP contribution in [0.25, 0.3) is 10.8 Å². The summed E-state index contributed by atoms with van der Waals surface area (Å²) in [5.41, 5.74) is 0.666. The van der Waals surface area contributed by atoms with Gasteiger partial charge in [0.25, 0.3) is 0 Å². The van der Waals surface area contributed by atoms with Crippen molar-refractivity contribution in [3.8, 4) is 17.6 Å². The standard InChI is InChI=1S/C22H20F4O/c1-2-15-6-8-16(9-7-15)10-11-17-4-3-5-19-18(17)12-13-20(21(19)23)27-14-22(24,25)26/h2-5,12-13,15-16H,1,6-9,14H2. The third kappa shape index (κ3) is 4.82. The zero-order chi connectivity index (χ0) is 19.4. The first-order valence-corrected chi connectivity index (χ1v) is 8.92. The van der Waals surface area contributed by atoms with Gasteiger partial charge in [0.1, 0.15) is 0 Å². The Morgan fingerprint density at radius 2 is 1.81 bits per heavy atom. The highest BCUT2D eigenvalue weighted by Gasteiger charge is 2.29. The van der Waals surface area contributed by atoms with Gasteiger partial charge < -0.3 is 4.74 Å². The first-order valence-electron chi connectivity index (χ1n) is 8.92. The number of alkyl halides is 3. The molecule has 142 valence electrons. The van der Waals surface area contributed by atoms with Gasteiger partial charge in [-0.05, 0) is 49.8 Å². The van der Waals surface area contributed by atoms with Crippen LogP contribution in [-0.2, 0) is 0 Å². The number of halogens is 4. The summed E-state index contributed by atoms with van der Waals surface area (Å²) in [6.45, 7) is 2.31. The molecule has 0 aromatic heterocycles. The SMILES string of the molecule is C=CC1CCC(C#Cc2cccc3c(F)c(OCC(F)(F)F)ccc23)CC1. The van der Waals surface area contributed by atoms with Crippen molar-refractivity contribution < 1.29 is 22.3 Å². The van der Waals surface area contributed by atoms with E-state index < -0.39 is 24.3 Å². The van der Waals surface area contributed by atoms with Crippen LogP contribution in [-0.4, -0.2) is 12.8 Å². The van der Waals surface area contributed by atoms with Gasteiger partial charge in [-0.25, -0.2) is 4.39 Å². The number of ether oxygens (including phenoxy) is 1. The number of allylic oxidation sites excluding steroid dienone is 1. The summed E-state index contributed by atoms with van der Waals surface area (Å²) in [6, 6.07) is 7.75. The average Bonchev–Trinajstić information content (AvgIpc) is 2.65. The zero-order valence-electron chi connectivity index (χ0n) is 14.8. The highest BCUT2D eigenvalue weighted by Crippen LogP contribution is 2.31. The van der Waals surface area contributed by atoms with Gasteiger partial charge in [-0.3, -0.25) is 0 Å². The molecule has 1 aliphatic carbocycles. The Kier molecular flexibility index (Phi) is 5.74. The van der Waals surface area contributed by atoms with Crippen molar-refractivity contribution in [3.63, 3.8) is 0 Å². The van der Waals surface area contributed by atoms with Crippen LogP contribution in [0.15, 0.2) is 43.0 Å². The molecule has 5 heteroatoms. The fourth-order valence-corrected chi connectivity index (χ4v) is 3.36. The molecule has 0 spiro atoms. The van der Waals surface area contributed by atoms with Crippen LogP contribution in [0, 0.1) is 29.5 Å². The second-order valence-corrected chi connectivity index (χ2v) is 6.80. The Labute approximate surface area is 156 Å². The molecule has 1 aliphatic rings. The Morgan fingerprint density at radius 1 is 1.07 bits per heavy atom. The Morgan fingerprint density at radius 3 is 2.48 bits per heavy atom. The van der Waals surface area contributed by atoms with E-state index in [1.54, 1.807) is 18.2 Å². The van der Waals surface area contributed by atoms with Crippen molar-refractivity contribution in [2.24, 2.45) is 11.8 Å². The monoisotopic (exact) mass is 376 g/mol. The Bertz CT molecular complexity index is 881. The van der Waals surface area contributed by atoms with Crippen molar-refractivity contribution in [3.05, 3.63) is 54.4 Å². The molecule has 0 amide bonds. The van der Waals surface area contributed by atoms with E-state index in [1.807, 2.05) is 6.08 Å². The van der Waals surface area contributed by atoms with Crippen LogP contribution in [0.2, 0.25) is 0 Å². The average molecular weight is 376 g/mol. The van der Waals surface area contributed by atoms with E-state index in [4.69, 9.17) is 0 Å². The first-order chi connectivity index (χ1) is 12.9. The van der Waals surface area contributed by atoms with E-state index >= 15 is 0 Å². The highest BCUT2D eigenvalue weighted by molar-refractivity contribution is 5.89. The molecule has 0 aliphatic heterocycles. The molecule has 2 aromatic carbocycles. The maximum Gasteiger partial charge on any atom is 0.422 e. The minimum atomic E-state index is -4.51. The number of hydrogen-bond donors (Lipinski definition) is 0. The number of hydrogen-bond acceptors (Lipinski definition) is 1. The summed E-state index contributed by atoms with van der Waals surface area (Å²) in [5, 5.41) is 0.776. The highest BCUT2D eigenvalue weighted by atomic mass is 19.4. The summed E-state index contributed by atoms with van der Waals surface area (Å²) < 4.78 is 56.0. The van der Waals surface area contributed by atoms with Crippen molar-refractivity contribution >= 4 is 10.8 Å². The van der Waals surface area contributed by atoms with Gasteiger partial charge in [-0.2, -0.15) is 13.2 Å². The lowest BCUT2D eigenvalue weighted by Gasteiger charge is -2.22. The van der Waals surface area contributed by atoms with Crippen LogP contribution in [0.3, 0.4) is 0 Å². The van der Waals surface area contributed by atoms with Gasteiger partial charge in [0.15, 0.2) is 18.2 Å². The topological polar surface area (TPSA) is 9.23 Å². The van der Waals surface area contributed by atoms with Gasteiger partial charge in [0.05, 0.1) is 0 Å². The molecule has 0 atom stereocenters. The number of benzene rings is 2. The van der Waals surface area contributed by atoms with Crippen LogP contribution < -0.4 is 4.74 Å². The van der Waals surface area contributed by atoms with Crippen molar-refractivity contribution in [2.75, 3.05) is 6.61 Å². The smallest absolute Gasteiger partial charge is 0.422 e.